The number of benzene rings is 12. The molecule has 12 aromatic carbocycles. The Kier molecular flexibility index (Phi) is 58.4. The van der Waals surface area contributed by atoms with Crippen molar-refractivity contribution in [3.8, 4) is 0 Å². The van der Waals surface area contributed by atoms with Gasteiger partial charge in [-0.1, -0.05) is 218 Å². The zero-order valence-corrected chi connectivity index (χ0v) is 65.1. The van der Waals surface area contributed by atoms with Gasteiger partial charge in [-0.05, 0) is 171 Å². The second-order valence-corrected chi connectivity index (χ2v) is 30.5. The molecule has 518 valence electrons. The number of ether oxygens (including phenoxy) is 2. The molecule has 2 aliphatic rings. The van der Waals surface area contributed by atoms with Crippen LogP contribution in [-0.4, -0.2) is 26.4 Å². The average Bonchev–Trinajstić information content (AvgIpc) is 1.10. The van der Waals surface area contributed by atoms with Gasteiger partial charge >= 0.3 is 56.5 Å². The SMILES string of the molecule is C1CCOC1.C1CCOC1.[C-]#[O+].[C-]#[O+].[C-]#[O+].[C-]#[O+].[C-]#[O+].[Pd].[Pd].[Pd].[Pd].c1ccc([PH+](c2ccccc2)c2ccccc2)cc1.c1ccc([PH+](c2ccccc2)c2ccccc2)cc1.c1ccc([PH+](c2ccccc2)c2ccccc2)cc1.c1ccc([PH+](c2ccccc2)c2ccccc2)cc1. The zero-order valence-electron chi connectivity index (χ0n) is 54.9. The first-order valence-corrected chi connectivity index (χ1v) is 37.1. The molecule has 0 N–H and O–H groups in total. The summed E-state index contributed by atoms with van der Waals surface area (Å²) in [7, 11) is -3.51. The van der Waals surface area contributed by atoms with Gasteiger partial charge in [-0.15, -0.1) is 0 Å². The third kappa shape index (κ3) is 34.5. The number of hydrogen-bond donors (Lipinski definition) is 0. The number of rotatable bonds is 12. The van der Waals surface area contributed by atoms with Crippen LogP contribution in [0.3, 0.4) is 0 Å². The van der Waals surface area contributed by atoms with E-state index >= 15 is 0 Å². The van der Waals surface area contributed by atoms with Gasteiger partial charge in [0, 0.05) is 108 Å². The Morgan fingerprint density at radius 2 is 0.240 bits per heavy atom. The van der Waals surface area contributed by atoms with E-state index in [4.69, 9.17) is 32.7 Å². The molecule has 2 saturated heterocycles. The Morgan fingerprint density at radius 3 is 0.300 bits per heavy atom. The molecule has 0 unspecified atom stereocenters. The maximum absolute atomic E-state index is 7.50. The van der Waals surface area contributed by atoms with Gasteiger partial charge < -0.3 is 9.47 Å². The van der Waals surface area contributed by atoms with Crippen LogP contribution >= 0.6 is 31.7 Å². The molecule has 2 aliphatic heterocycles. The molecule has 100 heavy (non-hydrogen) atoms. The van der Waals surface area contributed by atoms with Gasteiger partial charge in [0.25, 0.3) is 0 Å². The first kappa shape index (κ1) is 93.6. The molecule has 0 bridgehead atoms. The fraction of sp³-hybridized carbons (Fsp3) is 0.0941. The van der Waals surface area contributed by atoms with E-state index in [0.717, 1.165) is 26.4 Å². The van der Waals surface area contributed by atoms with Crippen molar-refractivity contribution in [1.29, 1.82) is 0 Å². The van der Waals surface area contributed by atoms with Crippen LogP contribution in [0, 0.1) is 33.3 Å². The Balaban J connectivity index is 0.00000118. The predicted molar refractivity (Wildman–Crippen MR) is 406 cm³/mol. The van der Waals surface area contributed by atoms with E-state index < -0.39 is 31.7 Å². The minimum atomic E-state index is -0.877. The summed E-state index contributed by atoms with van der Waals surface area (Å²) in [6, 6.07) is 130. The van der Waals surface area contributed by atoms with Crippen molar-refractivity contribution in [1.82, 2.24) is 0 Å². The standard InChI is InChI=1S/4C18H15P.2C4H8O.5CO.4Pd/c4*1-4-10-16(11-5-1)19(17-12-6-2-7-13-17)18-14-8-3-9-15-18;2*1-2-4-5-3-1;5*1-2;;;;/h4*1-15H;2*1-4H2;;;;;;;;;/p+4. The normalized spacial score (nSPS) is 10.5. The van der Waals surface area contributed by atoms with E-state index in [1.54, 1.807) is 0 Å². The molecule has 7 nitrogen and oxygen atoms in total. The molecule has 0 aliphatic carbocycles. The molecule has 0 saturated carbocycles. The van der Waals surface area contributed by atoms with Gasteiger partial charge in [0.1, 0.15) is 63.7 Å². The Labute approximate surface area is 653 Å². The van der Waals surface area contributed by atoms with E-state index in [1.165, 1.54) is 89.3 Å². The van der Waals surface area contributed by atoms with Crippen molar-refractivity contribution in [2.24, 2.45) is 0 Å². The summed E-state index contributed by atoms with van der Waals surface area (Å²) < 4.78 is 47.4. The summed E-state index contributed by atoms with van der Waals surface area (Å²) >= 11 is 0. The minimum Gasteiger partial charge on any atom is -0.0620 e. The van der Waals surface area contributed by atoms with Crippen molar-refractivity contribution in [3.63, 3.8) is 0 Å². The topological polar surface area (TPSA) is 118 Å². The average molecular weight is 1760 g/mol. The Morgan fingerprint density at radius 1 is 0.160 bits per heavy atom. The van der Waals surface area contributed by atoms with E-state index in [-0.39, 0.29) is 81.7 Å². The third-order valence-electron chi connectivity index (χ3n) is 14.4. The van der Waals surface area contributed by atoms with Crippen LogP contribution in [0.15, 0.2) is 364 Å². The maximum Gasteiger partial charge on any atom is 0.102 e. The molecule has 14 rings (SSSR count). The molecule has 12 aromatic rings. The van der Waals surface area contributed by atoms with Gasteiger partial charge in [0.2, 0.25) is 0 Å². The van der Waals surface area contributed by atoms with Crippen LogP contribution in [0.5, 0.6) is 0 Å². The Hall–Kier alpha value is -6.37. The van der Waals surface area contributed by atoms with E-state index in [2.05, 4.69) is 397 Å². The van der Waals surface area contributed by atoms with Crippen molar-refractivity contribution < 1.29 is 114 Å². The van der Waals surface area contributed by atoms with E-state index in [1.807, 2.05) is 0 Å². The quantitative estimate of drug-likeness (QED) is 0.0524. The summed E-state index contributed by atoms with van der Waals surface area (Å²) in [4.78, 5) is 0. The van der Waals surface area contributed by atoms with E-state index in [9.17, 15) is 0 Å². The first-order valence-electron chi connectivity index (χ1n) is 31.1. The smallest absolute Gasteiger partial charge is 0.0620 e. The zero-order chi connectivity index (χ0) is 68.7. The molecular weight excluding hydrogens is 1680 g/mol. The van der Waals surface area contributed by atoms with Gasteiger partial charge in [-0.2, -0.15) is 0 Å². The summed E-state index contributed by atoms with van der Waals surface area (Å²) in [5.74, 6) is 0. The van der Waals surface area contributed by atoms with Crippen LogP contribution < -0.4 is 63.7 Å². The summed E-state index contributed by atoms with van der Waals surface area (Å²) in [6.07, 6.45) is 5.11. The van der Waals surface area contributed by atoms with Gasteiger partial charge in [0.15, 0.2) is 0 Å². The van der Waals surface area contributed by atoms with Crippen molar-refractivity contribution in [3.05, 3.63) is 397 Å². The van der Waals surface area contributed by atoms with Gasteiger partial charge in [-0.25, -0.2) is 0 Å². The molecule has 15 heteroatoms. The summed E-state index contributed by atoms with van der Waals surface area (Å²) in [6.45, 7) is 26.5. The molecule has 0 radical (unpaired) electrons. The molecule has 0 atom stereocenters. The molecule has 2 heterocycles. The van der Waals surface area contributed by atoms with E-state index in [0.29, 0.717) is 0 Å². The Bertz CT molecular complexity index is 3010. The third-order valence-corrected chi connectivity index (χ3v) is 25.3. The van der Waals surface area contributed by atoms with Crippen molar-refractivity contribution in [2.75, 3.05) is 26.4 Å². The summed E-state index contributed by atoms with van der Waals surface area (Å²) in [5, 5.41) is 17.2. The molecule has 0 aromatic heterocycles. The van der Waals surface area contributed by atoms with Crippen LogP contribution in [0.2, 0.25) is 0 Å². The second kappa shape index (κ2) is 62.4. The fourth-order valence-electron chi connectivity index (χ4n) is 10.3. The monoisotopic (exact) mass is 1760 g/mol. The number of hydrogen-bond acceptors (Lipinski definition) is 2. The molecular formula is C85H80O7P4Pd4+4. The van der Waals surface area contributed by atoms with Crippen LogP contribution in [0.1, 0.15) is 25.7 Å². The van der Waals surface area contributed by atoms with Crippen molar-refractivity contribution in [2.45, 2.75) is 25.7 Å². The maximum atomic E-state index is 7.50. The van der Waals surface area contributed by atoms with Crippen molar-refractivity contribution >= 4 is 95.3 Å². The van der Waals surface area contributed by atoms with Crippen LogP contribution in [0.25, 0.3) is 0 Å². The second-order valence-electron chi connectivity index (χ2n) is 20.5. The van der Waals surface area contributed by atoms with Crippen LogP contribution in [-0.2, 0) is 114 Å². The van der Waals surface area contributed by atoms with Gasteiger partial charge in [0.05, 0.1) is 31.7 Å². The molecule has 2 fully saturated rings. The molecule has 0 spiro atoms. The fourth-order valence-corrected chi connectivity index (χ4v) is 20.6. The first-order chi connectivity index (χ1) is 47.8. The van der Waals surface area contributed by atoms with Gasteiger partial charge in [-0.3, -0.25) is 0 Å². The minimum absolute atomic E-state index is 0. The largest absolute Gasteiger partial charge is 0.102 e. The molecule has 0 amide bonds. The predicted octanol–water partition coefficient (Wildman–Crippen LogP) is 14.1. The van der Waals surface area contributed by atoms with Crippen LogP contribution in [0.4, 0.5) is 0 Å². The summed E-state index contributed by atoms with van der Waals surface area (Å²) in [5.41, 5.74) is 0.